The number of ketones is 1. The molecule has 1 heterocycles. The molecule has 0 radical (unpaired) electrons. The predicted octanol–water partition coefficient (Wildman–Crippen LogP) is 3.32. The highest BCUT2D eigenvalue weighted by Gasteiger charge is 2.26. The Morgan fingerprint density at radius 3 is 2.11 bits per heavy atom. The van der Waals surface area contributed by atoms with E-state index in [9.17, 15) is 14.7 Å². The van der Waals surface area contributed by atoms with Crippen LogP contribution in [0.5, 0.6) is 5.75 Å². The number of aliphatic hydroxyl groups is 1. The summed E-state index contributed by atoms with van der Waals surface area (Å²) in [6, 6.07) is 13.5. The van der Waals surface area contributed by atoms with E-state index in [0.717, 1.165) is 0 Å². The van der Waals surface area contributed by atoms with Gasteiger partial charge in [-0.25, -0.2) is 0 Å². The van der Waals surface area contributed by atoms with E-state index < -0.39 is 6.10 Å². The molecule has 2 aromatic rings. The van der Waals surface area contributed by atoms with Gasteiger partial charge in [0.05, 0.1) is 6.10 Å². The lowest BCUT2D eigenvalue weighted by Gasteiger charge is -2.31. The summed E-state index contributed by atoms with van der Waals surface area (Å²) in [5, 5.41) is 10.1. The van der Waals surface area contributed by atoms with Crippen LogP contribution in [0.15, 0.2) is 48.5 Å². The van der Waals surface area contributed by atoms with E-state index in [1.807, 2.05) is 0 Å². The number of likely N-dealkylation sites (tertiary alicyclic amines) is 1. The molecular weight excluding hydrogens is 366 g/mol. The van der Waals surface area contributed by atoms with Gasteiger partial charge in [0.2, 0.25) is 0 Å². The van der Waals surface area contributed by atoms with Gasteiger partial charge >= 0.3 is 0 Å². The van der Waals surface area contributed by atoms with Gasteiger partial charge in [0, 0.05) is 29.2 Å². The van der Waals surface area contributed by atoms with E-state index in [-0.39, 0.29) is 17.8 Å². The number of hydrogen-bond donors (Lipinski definition) is 1. The Morgan fingerprint density at radius 2 is 1.56 bits per heavy atom. The average molecular weight is 388 g/mol. The molecule has 2 aromatic carbocycles. The summed E-state index contributed by atoms with van der Waals surface area (Å²) < 4.78 is 5.73. The Bertz CT molecular complexity index is 796. The van der Waals surface area contributed by atoms with Crippen LogP contribution < -0.4 is 4.74 Å². The quantitative estimate of drug-likeness (QED) is 0.799. The summed E-state index contributed by atoms with van der Waals surface area (Å²) >= 11 is 5.85. The number of amides is 1. The minimum atomic E-state index is -0.627. The summed E-state index contributed by atoms with van der Waals surface area (Å²) in [6.07, 6.45) is 0.244. The molecule has 0 aliphatic carbocycles. The van der Waals surface area contributed by atoms with Crippen LogP contribution in [0.2, 0.25) is 5.02 Å². The van der Waals surface area contributed by atoms with E-state index >= 15 is 0 Å². The Morgan fingerprint density at radius 1 is 1.04 bits per heavy atom. The van der Waals surface area contributed by atoms with Crippen molar-refractivity contribution < 1.29 is 19.4 Å². The number of aliphatic hydroxyl groups excluding tert-OH is 1. The standard InChI is InChI=1S/C21H22ClNO4/c1-14(21(26)23-12-10-18(24)11-13-23)27-19-8-4-16(5-9-19)20(25)15-2-6-17(22)7-3-15/h2-9,14,18,24H,10-13H2,1H3. The molecule has 3 rings (SSSR count). The fourth-order valence-corrected chi connectivity index (χ4v) is 3.18. The second-order valence-electron chi connectivity index (χ2n) is 6.68. The smallest absolute Gasteiger partial charge is 0.263 e. The van der Waals surface area contributed by atoms with E-state index in [0.29, 0.717) is 47.8 Å². The molecule has 0 bridgehead atoms. The van der Waals surface area contributed by atoms with Gasteiger partial charge in [0.1, 0.15) is 5.75 Å². The Hall–Kier alpha value is -2.37. The Balaban J connectivity index is 1.60. The second kappa shape index (κ2) is 8.55. The minimum Gasteiger partial charge on any atom is -0.481 e. The van der Waals surface area contributed by atoms with Gasteiger partial charge in [-0.1, -0.05) is 11.6 Å². The topological polar surface area (TPSA) is 66.8 Å². The molecule has 1 amide bonds. The molecule has 1 N–H and O–H groups in total. The highest BCUT2D eigenvalue weighted by molar-refractivity contribution is 6.30. The first kappa shape index (κ1) is 19.4. The number of halogens is 1. The van der Waals surface area contributed by atoms with Crippen molar-refractivity contribution in [2.45, 2.75) is 32.0 Å². The van der Waals surface area contributed by atoms with Crippen LogP contribution in [-0.4, -0.2) is 47.0 Å². The highest BCUT2D eigenvalue weighted by Crippen LogP contribution is 2.19. The van der Waals surface area contributed by atoms with Crippen molar-refractivity contribution in [3.05, 3.63) is 64.7 Å². The number of ether oxygens (including phenoxy) is 1. The van der Waals surface area contributed by atoms with Crippen molar-refractivity contribution in [3.8, 4) is 5.75 Å². The largest absolute Gasteiger partial charge is 0.481 e. The lowest BCUT2D eigenvalue weighted by molar-refractivity contribution is -0.139. The van der Waals surface area contributed by atoms with E-state index in [1.54, 1.807) is 60.4 Å². The Labute approximate surface area is 163 Å². The van der Waals surface area contributed by atoms with Gasteiger partial charge < -0.3 is 14.7 Å². The highest BCUT2D eigenvalue weighted by atomic mass is 35.5. The molecule has 6 heteroatoms. The first-order valence-electron chi connectivity index (χ1n) is 8.98. The number of rotatable bonds is 5. The van der Waals surface area contributed by atoms with Crippen molar-refractivity contribution >= 4 is 23.3 Å². The monoisotopic (exact) mass is 387 g/mol. The third-order valence-electron chi connectivity index (χ3n) is 4.66. The molecular formula is C21H22ClNO4. The Kier molecular flexibility index (Phi) is 6.14. The first-order valence-corrected chi connectivity index (χ1v) is 9.35. The fourth-order valence-electron chi connectivity index (χ4n) is 3.05. The molecule has 0 aromatic heterocycles. The lowest BCUT2D eigenvalue weighted by atomic mass is 10.0. The molecule has 1 saturated heterocycles. The summed E-state index contributed by atoms with van der Waals surface area (Å²) in [5.74, 6) is 0.331. The molecule has 0 saturated carbocycles. The van der Waals surface area contributed by atoms with Gasteiger partial charge in [0.25, 0.3) is 5.91 Å². The maximum Gasteiger partial charge on any atom is 0.263 e. The predicted molar refractivity (Wildman–Crippen MR) is 103 cm³/mol. The van der Waals surface area contributed by atoms with E-state index in [2.05, 4.69) is 0 Å². The van der Waals surface area contributed by atoms with Crippen LogP contribution >= 0.6 is 11.6 Å². The maximum atomic E-state index is 12.5. The lowest BCUT2D eigenvalue weighted by Crippen LogP contribution is -2.45. The molecule has 142 valence electrons. The summed E-state index contributed by atoms with van der Waals surface area (Å²) in [7, 11) is 0. The van der Waals surface area contributed by atoms with E-state index in [4.69, 9.17) is 16.3 Å². The molecule has 27 heavy (non-hydrogen) atoms. The zero-order valence-corrected chi connectivity index (χ0v) is 15.9. The number of piperidine rings is 1. The molecule has 0 spiro atoms. The normalized spacial score (nSPS) is 16.0. The van der Waals surface area contributed by atoms with Crippen molar-refractivity contribution in [3.63, 3.8) is 0 Å². The number of nitrogens with zero attached hydrogens (tertiary/aromatic N) is 1. The zero-order valence-electron chi connectivity index (χ0n) is 15.1. The van der Waals surface area contributed by atoms with Crippen molar-refractivity contribution in [1.29, 1.82) is 0 Å². The fraction of sp³-hybridized carbons (Fsp3) is 0.333. The van der Waals surface area contributed by atoms with Gasteiger partial charge in [-0.15, -0.1) is 0 Å². The molecule has 1 atom stereocenters. The molecule has 5 nitrogen and oxygen atoms in total. The number of carbonyl (C=O) groups is 2. The van der Waals surface area contributed by atoms with Crippen molar-refractivity contribution in [1.82, 2.24) is 4.90 Å². The second-order valence-corrected chi connectivity index (χ2v) is 7.11. The SMILES string of the molecule is CC(Oc1ccc(C(=O)c2ccc(Cl)cc2)cc1)C(=O)N1CCC(O)CC1. The summed E-state index contributed by atoms with van der Waals surface area (Å²) in [6.45, 7) is 2.80. The van der Waals surface area contributed by atoms with Crippen LogP contribution in [0.4, 0.5) is 0 Å². The minimum absolute atomic E-state index is 0.0942. The number of benzene rings is 2. The third-order valence-corrected chi connectivity index (χ3v) is 4.91. The van der Waals surface area contributed by atoms with Crippen LogP contribution in [0, 0.1) is 0 Å². The molecule has 1 fully saturated rings. The first-order chi connectivity index (χ1) is 12.9. The summed E-state index contributed by atoms with van der Waals surface area (Å²) in [4.78, 5) is 26.6. The number of hydrogen-bond acceptors (Lipinski definition) is 4. The van der Waals surface area contributed by atoms with Crippen LogP contribution in [0.3, 0.4) is 0 Å². The zero-order chi connectivity index (χ0) is 19.4. The van der Waals surface area contributed by atoms with Crippen LogP contribution in [-0.2, 0) is 4.79 Å². The number of carbonyl (C=O) groups excluding carboxylic acids is 2. The average Bonchev–Trinajstić information content (AvgIpc) is 2.68. The van der Waals surface area contributed by atoms with Gasteiger partial charge in [-0.2, -0.15) is 0 Å². The molecule has 1 unspecified atom stereocenters. The molecule has 1 aliphatic rings. The van der Waals surface area contributed by atoms with Crippen LogP contribution in [0.25, 0.3) is 0 Å². The van der Waals surface area contributed by atoms with Gasteiger partial charge in [0.15, 0.2) is 11.9 Å². The van der Waals surface area contributed by atoms with Gasteiger partial charge in [-0.05, 0) is 68.3 Å². The van der Waals surface area contributed by atoms with Crippen molar-refractivity contribution in [2.24, 2.45) is 0 Å². The summed E-state index contributed by atoms with van der Waals surface area (Å²) in [5.41, 5.74) is 1.09. The maximum absolute atomic E-state index is 12.5. The third kappa shape index (κ3) is 4.87. The van der Waals surface area contributed by atoms with Crippen LogP contribution in [0.1, 0.15) is 35.7 Å². The molecule has 1 aliphatic heterocycles. The van der Waals surface area contributed by atoms with E-state index in [1.165, 1.54) is 0 Å². The van der Waals surface area contributed by atoms with Crippen molar-refractivity contribution in [2.75, 3.05) is 13.1 Å². The van der Waals surface area contributed by atoms with Gasteiger partial charge in [-0.3, -0.25) is 9.59 Å².